The maximum atomic E-state index is 13.4. The normalized spacial score (nSPS) is 21.9. The van der Waals surface area contributed by atoms with Crippen LogP contribution in [0.5, 0.6) is 5.75 Å². The number of piperidine rings is 1. The summed E-state index contributed by atoms with van der Waals surface area (Å²) in [7, 11) is 0. The average molecular weight is 475 g/mol. The molecule has 0 amide bonds. The van der Waals surface area contributed by atoms with Crippen LogP contribution >= 0.6 is 0 Å². The number of nitrogens with one attached hydrogen (secondary N) is 1. The number of hydrogen-bond acceptors (Lipinski definition) is 6. The smallest absolute Gasteiger partial charge is 0.453 e. The largest absolute Gasteiger partial charge is 0.490 e. The van der Waals surface area contributed by atoms with E-state index in [0.717, 1.165) is 30.4 Å². The summed E-state index contributed by atoms with van der Waals surface area (Å²) in [5, 5.41) is 13.6. The summed E-state index contributed by atoms with van der Waals surface area (Å²) in [6.45, 7) is 3.98. The molecule has 1 saturated heterocycles. The van der Waals surface area contributed by atoms with Gasteiger partial charge in [0.2, 0.25) is 0 Å². The Kier molecular flexibility index (Phi) is 7.18. The van der Waals surface area contributed by atoms with Gasteiger partial charge < -0.3 is 15.8 Å². The fourth-order valence-corrected chi connectivity index (χ4v) is 4.26. The Balaban J connectivity index is 1.64. The van der Waals surface area contributed by atoms with Gasteiger partial charge in [0.05, 0.1) is 11.8 Å². The molecule has 1 fully saturated rings. The van der Waals surface area contributed by atoms with E-state index in [1.165, 1.54) is 0 Å². The van der Waals surface area contributed by atoms with E-state index in [2.05, 4.69) is 20.8 Å². The number of halogens is 3. The Labute approximate surface area is 196 Å². The molecule has 1 aliphatic heterocycles. The first-order chi connectivity index (χ1) is 16.3. The summed E-state index contributed by atoms with van der Waals surface area (Å²) in [6, 6.07) is 15.0. The van der Waals surface area contributed by atoms with Crippen molar-refractivity contribution in [2.45, 2.75) is 69.9 Å². The van der Waals surface area contributed by atoms with Gasteiger partial charge in [0.15, 0.2) is 0 Å². The number of alkyl halides is 3. The zero-order valence-corrected chi connectivity index (χ0v) is 19.2. The second kappa shape index (κ2) is 10.1. The summed E-state index contributed by atoms with van der Waals surface area (Å²) in [5.74, 6) is -0.521. The van der Waals surface area contributed by atoms with E-state index < -0.39 is 12.0 Å². The van der Waals surface area contributed by atoms with Crippen LogP contribution in [-0.2, 0) is 12.6 Å². The van der Waals surface area contributed by atoms with E-state index in [4.69, 9.17) is 10.5 Å². The molecule has 4 rings (SSSR count). The molecule has 0 spiro atoms. The quantitative estimate of drug-likeness (QED) is 0.533. The average Bonchev–Trinajstić information content (AvgIpc) is 3.33. The van der Waals surface area contributed by atoms with Crippen molar-refractivity contribution in [1.82, 2.24) is 25.5 Å². The summed E-state index contributed by atoms with van der Waals surface area (Å²) in [5.41, 5.74) is 8.55. The topological polar surface area (TPSA) is 90.9 Å². The zero-order valence-electron chi connectivity index (χ0n) is 19.2. The minimum absolute atomic E-state index is 0.00147. The lowest BCUT2D eigenvalue weighted by molar-refractivity contribution is -0.146. The van der Waals surface area contributed by atoms with E-state index in [-0.39, 0.29) is 29.9 Å². The van der Waals surface area contributed by atoms with Gasteiger partial charge in [-0.25, -0.2) is 0 Å². The number of tetrazole rings is 1. The number of nitrogens with two attached hydrogens (primary N) is 1. The van der Waals surface area contributed by atoms with Gasteiger partial charge in [0.25, 0.3) is 5.82 Å². The first-order valence-corrected chi connectivity index (χ1v) is 11.5. The Bertz CT molecular complexity index is 1090. The molecule has 1 aliphatic rings. The standard InChI is InChI=1S/C24H29F3N6O/c1-3-15(2)34-21-12-10-19(33-23(24(25,26)27)30-31-32-33)14-17(21)13-18-9-11-20(28)22(29-18)16-7-5-4-6-8-16/h4-8,10,12,14-15,18,20,22,29H,3,9,11,13,28H2,1-2H3/t15?,18?,20-,22-/m0/s1. The Morgan fingerprint density at radius 1 is 1.18 bits per heavy atom. The highest BCUT2D eigenvalue weighted by Gasteiger charge is 2.38. The van der Waals surface area contributed by atoms with Crippen molar-refractivity contribution in [1.29, 1.82) is 0 Å². The van der Waals surface area contributed by atoms with Crippen molar-refractivity contribution in [3.05, 3.63) is 65.5 Å². The van der Waals surface area contributed by atoms with Gasteiger partial charge in [-0.2, -0.15) is 17.9 Å². The second-order valence-electron chi connectivity index (χ2n) is 8.74. The lowest BCUT2D eigenvalue weighted by Crippen LogP contribution is -2.48. The molecular weight excluding hydrogens is 445 g/mol. The minimum atomic E-state index is -4.67. The fraction of sp³-hybridized carbons (Fsp3) is 0.458. The first-order valence-electron chi connectivity index (χ1n) is 11.5. The highest BCUT2D eigenvalue weighted by molar-refractivity contribution is 5.45. The predicted octanol–water partition coefficient (Wildman–Crippen LogP) is 4.22. The van der Waals surface area contributed by atoms with Crippen LogP contribution in [0.25, 0.3) is 5.69 Å². The maximum Gasteiger partial charge on any atom is 0.453 e. The van der Waals surface area contributed by atoms with E-state index >= 15 is 0 Å². The number of rotatable bonds is 7. The lowest BCUT2D eigenvalue weighted by Gasteiger charge is -2.36. The van der Waals surface area contributed by atoms with E-state index in [0.29, 0.717) is 16.9 Å². The molecule has 10 heteroatoms. The molecule has 0 bridgehead atoms. The lowest BCUT2D eigenvalue weighted by atomic mass is 9.87. The molecule has 1 aromatic heterocycles. The van der Waals surface area contributed by atoms with Crippen LogP contribution in [0.15, 0.2) is 48.5 Å². The molecule has 4 atom stereocenters. The monoisotopic (exact) mass is 474 g/mol. The number of nitrogens with zero attached hydrogens (tertiary/aromatic N) is 4. The summed E-state index contributed by atoms with van der Waals surface area (Å²) in [6.07, 6.45) is -1.65. The Morgan fingerprint density at radius 3 is 2.65 bits per heavy atom. The Hall–Kier alpha value is -2.98. The van der Waals surface area contributed by atoms with Crippen molar-refractivity contribution in [3.63, 3.8) is 0 Å². The van der Waals surface area contributed by atoms with Gasteiger partial charge in [0, 0.05) is 18.1 Å². The third-order valence-electron chi connectivity index (χ3n) is 6.23. The SMILES string of the molecule is CCC(C)Oc1ccc(-n2nnnc2C(F)(F)F)cc1CC1CC[C@H](N)[C@H](c2ccccc2)N1. The molecule has 182 valence electrons. The molecule has 3 aromatic rings. The molecule has 7 nitrogen and oxygen atoms in total. The van der Waals surface area contributed by atoms with Gasteiger partial charge in [-0.05, 0) is 72.4 Å². The van der Waals surface area contributed by atoms with Crippen LogP contribution in [0.1, 0.15) is 56.1 Å². The molecular formula is C24H29F3N6O. The predicted molar refractivity (Wildman–Crippen MR) is 122 cm³/mol. The number of hydrogen-bond donors (Lipinski definition) is 2. The second-order valence-corrected chi connectivity index (χ2v) is 8.74. The summed E-state index contributed by atoms with van der Waals surface area (Å²) in [4.78, 5) is 0. The molecule has 0 radical (unpaired) electrons. The van der Waals surface area contributed by atoms with Crippen molar-refractivity contribution in [3.8, 4) is 11.4 Å². The molecule has 34 heavy (non-hydrogen) atoms. The minimum Gasteiger partial charge on any atom is -0.490 e. The molecule has 0 saturated carbocycles. The van der Waals surface area contributed by atoms with E-state index in [1.807, 2.05) is 44.2 Å². The van der Waals surface area contributed by atoms with Gasteiger partial charge in [-0.15, -0.1) is 5.10 Å². The number of ether oxygens (including phenoxy) is 1. The van der Waals surface area contributed by atoms with Crippen molar-refractivity contribution in [2.75, 3.05) is 0 Å². The zero-order chi connectivity index (χ0) is 24.3. The van der Waals surface area contributed by atoms with Crippen LogP contribution in [0.2, 0.25) is 0 Å². The van der Waals surface area contributed by atoms with Gasteiger partial charge in [-0.1, -0.05) is 37.3 Å². The van der Waals surface area contributed by atoms with E-state index in [1.54, 1.807) is 18.2 Å². The van der Waals surface area contributed by atoms with Crippen LogP contribution in [-0.4, -0.2) is 38.4 Å². The van der Waals surface area contributed by atoms with Crippen LogP contribution in [0.3, 0.4) is 0 Å². The molecule has 2 unspecified atom stereocenters. The van der Waals surface area contributed by atoms with Crippen LogP contribution < -0.4 is 15.8 Å². The summed E-state index contributed by atoms with van der Waals surface area (Å²) >= 11 is 0. The highest BCUT2D eigenvalue weighted by atomic mass is 19.4. The summed E-state index contributed by atoms with van der Waals surface area (Å²) < 4.78 is 46.9. The first kappa shape index (κ1) is 24.2. The van der Waals surface area contributed by atoms with Gasteiger partial charge in [-0.3, -0.25) is 0 Å². The maximum absolute atomic E-state index is 13.4. The highest BCUT2D eigenvalue weighted by Crippen LogP contribution is 2.32. The Morgan fingerprint density at radius 2 is 1.94 bits per heavy atom. The van der Waals surface area contributed by atoms with E-state index in [9.17, 15) is 13.2 Å². The fourth-order valence-electron chi connectivity index (χ4n) is 4.26. The molecule has 2 heterocycles. The third-order valence-corrected chi connectivity index (χ3v) is 6.23. The van der Waals surface area contributed by atoms with Crippen molar-refractivity contribution >= 4 is 0 Å². The van der Waals surface area contributed by atoms with Crippen molar-refractivity contribution in [2.24, 2.45) is 5.73 Å². The van der Waals surface area contributed by atoms with Crippen LogP contribution in [0, 0.1) is 0 Å². The van der Waals surface area contributed by atoms with Gasteiger partial charge in [0.1, 0.15) is 5.75 Å². The molecule has 0 aliphatic carbocycles. The molecule has 2 aromatic carbocycles. The number of aromatic nitrogens is 4. The third kappa shape index (κ3) is 5.39. The van der Waals surface area contributed by atoms with Gasteiger partial charge >= 0.3 is 6.18 Å². The number of benzene rings is 2. The van der Waals surface area contributed by atoms with Crippen molar-refractivity contribution < 1.29 is 17.9 Å². The molecule has 3 N–H and O–H groups in total. The van der Waals surface area contributed by atoms with Crippen LogP contribution in [0.4, 0.5) is 13.2 Å².